The summed E-state index contributed by atoms with van der Waals surface area (Å²) in [6, 6.07) is 9.58. The van der Waals surface area contributed by atoms with Crippen LogP contribution in [0.5, 0.6) is 0 Å². The molecule has 0 atom stereocenters. The Morgan fingerprint density at radius 3 is 2.22 bits per heavy atom. The number of nitrogens with zero attached hydrogens (tertiary/aromatic N) is 1. The van der Waals surface area contributed by atoms with E-state index in [2.05, 4.69) is 5.32 Å². The van der Waals surface area contributed by atoms with Crippen LogP contribution in [0.2, 0.25) is 5.02 Å². The summed E-state index contributed by atoms with van der Waals surface area (Å²) in [7, 11) is 0. The molecule has 6 nitrogen and oxygen atoms in total. The number of carbonyl (C=O) groups excluding carboxylic acids is 3. The average molecular weight is 385 g/mol. The number of halogens is 1. The zero-order valence-electron chi connectivity index (χ0n) is 14.5. The number of carbonyl (C=O) groups is 3. The molecule has 27 heavy (non-hydrogen) atoms. The fourth-order valence-corrected chi connectivity index (χ4v) is 3.74. The van der Waals surface area contributed by atoms with Gasteiger partial charge >= 0.3 is 6.09 Å². The van der Waals surface area contributed by atoms with Gasteiger partial charge in [-0.25, -0.2) is 4.79 Å². The summed E-state index contributed by atoms with van der Waals surface area (Å²) in [5, 5.41) is 4.37. The highest BCUT2D eigenvalue weighted by atomic mass is 35.5. The third-order valence-corrected chi connectivity index (χ3v) is 5.10. The first kappa shape index (κ1) is 17.7. The minimum Gasteiger partial charge on any atom is -0.351 e. The Labute approximate surface area is 161 Å². The van der Waals surface area contributed by atoms with Gasteiger partial charge in [-0.2, -0.15) is 0 Å². The van der Waals surface area contributed by atoms with E-state index >= 15 is 0 Å². The Balaban J connectivity index is 1.67. The summed E-state index contributed by atoms with van der Waals surface area (Å²) in [6.45, 7) is 1.36. The molecule has 1 saturated heterocycles. The second-order valence-electron chi connectivity index (χ2n) is 6.54. The van der Waals surface area contributed by atoms with E-state index in [0.717, 1.165) is 19.3 Å². The molecule has 0 saturated carbocycles. The van der Waals surface area contributed by atoms with Crippen molar-refractivity contribution >= 4 is 34.9 Å². The normalized spacial score (nSPS) is 16.5. The predicted molar refractivity (Wildman–Crippen MR) is 100 cm³/mol. The fourth-order valence-electron chi connectivity index (χ4n) is 3.49. The van der Waals surface area contributed by atoms with Crippen LogP contribution in [0, 0.1) is 0 Å². The van der Waals surface area contributed by atoms with E-state index in [9.17, 15) is 14.4 Å². The fraction of sp³-hybridized carbons (Fsp3) is 0.250. The van der Waals surface area contributed by atoms with Crippen molar-refractivity contribution in [3.05, 3.63) is 63.7 Å². The molecular weight excluding hydrogens is 368 g/mol. The molecule has 2 aromatic rings. The van der Waals surface area contributed by atoms with Crippen molar-refractivity contribution in [1.82, 2.24) is 5.06 Å². The van der Waals surface area contributed by atoms with Crippen molar-refractivity contribution in [3.8, 4) is 0 Å². The number of piperidine rings is 1. The number of fused-ring (bicyclic) bond motifs is 2. The molecule has 2 aliphatic rings. The van der Waals surface area contributed by atoms with Crippen LogP contribution in [0.4, 0.5) is 10.5 Å². The van der Waals surface area contributed by atoms with Gasteiger partial charge < -0.3 is 4.84 Å². The first-order chi connectivity index (χ1) is 13.1. The molecular formula is C20H17ClN2O4. The van der Waals surface area contributed by atoms with Crippen LogP contribution < -0.4 is 5.32 Å². The Bertz CT molecular complexity index is 951. The average Bonchev–Trinajstić information content (AvgIpc) is 2.68. The number of hydrogen-bond acceptors (Lipinski definition) is 5. The topological polar surface area (TPSA) is 75.7 Å². The van der Waals surface area contributed by atoms with Crippen molar-refractivity contribution in [3.63, 3.8) is 0 Å². The number of hydroxylamine groups is 2. The van der Waals surface area contributed by atoms with Crippen molar-refractivity contribution in [2.45, 2.75) is 19.3 Å². The van der Waals surface area contributed by atoms with Gasteiger partial charge in [0.1, 0.15) is 0 Å². The number of ketones is 2. The molecule has 1 N–H and O–H groups in total. The minimum atomic E-state index is -0.694. The summed E-state index contributed by atoms with van der Waals surface area (Å²) in [5.41, 5.74) is 1.02. The molecule has 2 aromatic carbocycles. The second kappa shape index (κ2) is 7.13. The maximum atomic E-state index is 13.0. The number of rotatable bonds is 2. The maximum Gasteiger partial charge on any atom is 0.430 e. The SMILES string of the molecule is O=C(Nc1ccc(Cl)c2c1C(=O)c1ccccc1C2=O)ON1CCCCC1. The molecule has 0 aromatic heterocycles. The third kappa shape index (κ3) is 3.22. The van der Waals surface area contributed by atoms with Crippen LogP contribution in [0.1, 0.15) is 51.1 Å². The summed E-state index contributed by atoms with van der Waals surface area (Å²) in [6.07, 6.45) is 2.35. The zero-order valence-corrected chi connectivity index (χ0v) is 15.2. The molecule has 0 spiro atoms. The number of hydrogen-bond donors (Lipinski definition) is 1. The maximum absolute atomic E-state index is 13.0. The molecule has 4 rings (SSSR count). The lowest BCUT2D eigenvalue weighted by Gasteiger charge is -2.25. The molecule has 0 unspecified atom stereocenters. The molecule has 0 radical (unpaired) electrons. The predicted octanol–water partition coefficient (Wildman–Crippen LogP) is 4.06. The van der Waals surface area contributed by atoms with Gasteiger partial charge in [0.2, 0.25) is 0 Å². The highest BCUT2D eigenvalue weighted by Gasteiger charge is 2.34. The Kier molecular flexibility index (Phi) is 4.68. The van der Waals surface area contributed by atoms with Crippen molar-refractivity contribution in [2.75, 3.05) is 18.4 Å². The van der Waals surface area contributed by atoms with E-state index in [1.54, 1.807) is 29.3 Å². The Morgan fingerprint density at radius 1 is 0.926 bits per heavy atom. The van der Waals surface area contributed by atoms with Crippen LogP contribution in [-0.2, 0) is 4.84 Å². The molecule has 7 heteroatoms. The Hall–Kier alpha value is -2.70. The lowest BCUT2D eigenvalue weighted by atomic mass is 9.83. The van der Waals surface area contributed by atoms with Gasteiger partial charge in [0, 0.05) is 24.2 Å². The largest absolute Gasteiger partial charge is 0.430 e. The van der Waals surface area contributed by atoms with Gasteiger partial charge in [0.25, 0.3) is 0 Å². The molecule has 1 aliphatic heterocycles. The van der Waals surface area contributed by atoms with E-state index in [4.69, 9.17) is 16.4 Å². The molecule has 1 aliphatic carbocycles. The van der Waals surface area contributed by atoms with E-state index in [-0.39, 0.29) is 33.4 Å². The molecule has 1 heterocycles. The van der Waals surface area contributed by atoms with Crippen LogP contribution in [0.15, 0.2) is 36.4 Å². The molecule has 1 fully saturated rings. The number of amides is 1. The van der Waals surface area contributed by atoms with Crippen molar-refractivity contribution < 1.29 is 19.2 Å². The van der Waals surface area contributed by atoms with Crippen molar-refractivity contribution in [1.29, 1.82) is 0 Å². The summed E-state index contributed by atoms with van der Waals surface area (Å²) >= 11 is 6.21. The first-order valence-corrected chi connectivity index (χ1v) is 9.19. The number of anilines is 1. The van der Waals surface area contributed by atoms with E-state index < -0.39 is 6.09 Å². The van der Waals surface area contributed by atoms with Gasteiger partial charge in [0.05, 0.1) is 21.8 Å². The highest BCUT2D eigenvalue weighted by molar-refractivity contribution is 6.40. The lowest BCUT2D eigenvalue weighted by molar-refractivity contribution is -0.105. The standard InChI is InChI=1S/C20H17ClN2O4/c21-14-8-9-15(22-20(26)27-23-10-4-1-5-11-23)17-16(14)18(24)12-6-2-3-7-13(12)19(17)25/h2-3,6-9H,1,4-5,10-11H2,(H,22,26). The van der Waals surface area contributed by atoms with Crippen molar-refractivity contribution in [2.24, 2.45) is 0 Å². The van der Waals surface area contributed by atoms with Gasteiger partial charge in [-0.1, -0.05) is 42.3 Å². The van der Waals surface area contributed by atoms with Crippen LogP contribution in [-0.4, -0.2) is 35.8 Å². The summed E-state index contributed by atoms with van der Waals surface area (Å²) in [5.74, 6) is -0.686. The second-order valence-corrected chi connectivity index (χ2v) is 6.95. The molecule has 0 bridgehead atoms. The molecule has 1 amide bonds. The third-order valence-electron chi connectivity index (χ3n) is 4.79. The molecule has 138 valence electrons. The van der Waals surface area contributed by atoms with Gasteiger partial charge in [-0.3, -0.25) is 14.9 Å². The minimum absolute atomic E-state index is 0.0989. The van der Waals surface area contributed by atoms with Gasteiger partial charge in [-0.15, -0.1) is 5.06 Å². The monoisotopic (exact) mass is 384 g/mol. The van der Waals surface area contributed by atoms with E-state index in [0.29, 0.717) is 24.2 Å². The Morgan fingerprint density at radius 2 is 1.56 bits per heavy atom. The summed E-state index contributed by atoms with van der Waals surface area (Å²) in [4.78, 5) is 43.4. The van der Waals surface area contributed by atoms with Gasteiger partial charge in [-0.05, 0) is 25.0 Å². The number of nitrogens with one attached hydrogen (secondary N) is 1. The smallest absolute Gasteiger partial charge is 0.351 e. The zero-order chi connectivity index (χ0) is 19.0. The van der Waals surface area contributed by atoms with Crippen LogP contribution >= 0.6 is 11.6 Å². The first-order valence-electron chi connectivity index (χ1n) is 8.81. The highest BCUT2D eigenvalue weighted by Crippen LogP contribution is 2.36. The van der Waals surface area contributed by atoms with E-state index in [1.165, 1.54) is 12.1 Å². The van der Waals surface area contributed by atoms with Crippen LogP contribution in [0.3, 0.4) is 0 Å². The summed E-state index contributed by atoms with van der Waals surface area (Å²) < 4.78 is 0. The number of benzene rings is 2. The van der Waals surface area contributed by atoms with Crippen LogP contribution in [0.25, 0.3) is 0 Å². The van der Waals surface area contributed by atoms with Gasteiger partial charge in [0.15, 0.2) is 11.6 Å². The van der Waals surface area contributed by atoms with E-state index in [1.807, 2.05) is 0 Å². The quantitative estimate of drug-likeness (QED) is 0.721. The lowest BCUT2D eigenvalue weighted by Crippen LogP contribution is -2.34.